The van der Waals surface area contributed by atoms with Gasteiger partial charge in [-0.3, -0.25) is 0 Å². The van der Waals surface area contributed by atoms with Gasteiger partial charge in [0.05, 0.1) is 18.1 Å². The summed E-state index contributed by atoms with van der Waals surface area (Å²) in [6.45, 7) is 4.51. The molecular formula is C12H20F2N2O3. The van der Waals surface area contributed by atoms with Gasteiger partial charge in [-0.25, -0.2) is 13.6 Å². The first-order valence-electron chi connectivity index (χ1n) is 6.26. The van der Waals surface area contributed by atoms with E-state index in [1.54, 1.807) is 20.8 Å². The molecule has 0 radical (unpaired) electrons. The van der Waals surface area contributed by atoms with E-state index in [1.807, 2.05) is 0 Å². The first kappa shape index (κ1) is 14.5. The Kier molecular flexibility index (Phi) is 3.25. The highest BCUT2D eigenvalue weighted by atomic mass is 19.3. The molecule has 0 aromatic carbocycles. The zero-order valence-electron chi connectivity index (χ0n) is 11.4. The van der Waals surface area contributed by atoms with Crippen LogP contribution in [0.1, 0.15) is 20.8 Å². The normalized spacial score (nSPS) is 34.0. The van der Waals surface area contributed by atoms with E-state index in [0.29, 0.717) is 0 Å². The monoisotopic (exact) mass is 278 g/mol. The van der Waals surface area contributed by atoms with Crippen LogP contribution in [0.4, 0.5) is 13.6 Å². The van der Waals surface area contributed by atoms with Crippen molar-refractivity contribution in [3.8, 4) is 0 Å². The lowest BCUT2D eigenvalue weighted by atomic mass is 9.82. The second-order valence-electron chi connectivity index (χ2n) is 6.40. The van der Waals surface area contributed by atoms with Crippen LogP contribution in [0.2, 0.25) is 0 Å². The minimum atomic E-state index is -3.01. The van der Waals surface area contributed by atoms with Crippen molar-refractivity contribution in [1.29, 1.82) is 0 Å². The zero-order chi connectivity index (χ0) is 14.5. The number of fused-ring (bicyclic) bond motifs is 1. The predicted molar refractivity (Wildman–Crippen MR) is 64.0 cm³/mol. The van der Waals surface area contributed by atoms with Crippen molar-refractivity contribution in [2.45, 2.75) is 37.8 Å². The minimum absolute atomic E-state index is 0.0299. The fourth-order valence-corrected chi connectivity index (χ4v) is 2.58. The number of halogens is 2. The average molecular weight is 278 g/mol. The van der Waals surface area contributed by atoms with Gasteiger partial charge in [0, 0.05) is 13.1 Å². The Morgan fingerprint density at radius 3 is 2.58 bits per heavy atom. The van der Waals surface area contributed by atoms with Gasteiger partial charge in [-0.05, 0) is 20.8 Å². The third-order valence-electron chi connectivity index (χ3n) is 3.41. The first-order chi connectivity index (χ1) is 8.54. The number of nitrogens with zero attached hydrogens (tertiary/aromatic N) is 1. The molecule has 2 aliphatic rings. The fourth-order valence-electron chi connectivity index (χ4n) is 2.58. The molecule has 2 rings (SSSR count). The topological polar surface area (TPSA) is 64.8 Å². The molecule has 2 saturated heterocycles. The van der Waals surface area contributed by atoms with E-state index in [0.717, 1.165) is 0 Å². The predicted octanol–water partition coefficient (Wildman–Crippen LogP) is 1.22. The number of likely N-dealkylation sites (tertiary alicyclic amines) is 1. The van der Waals surface area contributed by atoms with Gasteiger partial charge in [0.25, 0.3) is 5.92 Å². The van der Waals surface area contributed by atoms with E-state index < -0.39 is 35.7 Å². The molecule has 0 aromatic rings. The number of hydrogen-bond acceptors (Lipinski definition) is 4. The van der Waals surface area contributed by atoms with Crippen molar-refractivity contribution >= 4 is 6.09 Å². The highest BCUT2D eigenvalue weighted by molar-refractivity contribution is 5.69. The van der Waals surface area contributed by atoms with E-state index in [1.165, 1.54) is 4.90 Å². The molecule has 2 atom stereocenters. The molecule has 0 aliphatic carbocycles. The van der Waals surface area contributed by atoms with Gasteiger partial charge in [0.1, 0.15) is 12.2 Å². The van der Waals surface area contributed by atoms with E-state index >= 15 is 0 Å². The zero-order valence-corrected chi connectivity index (χ0v) is 11.4. The Balaban J connectivity index is 2.11. The van der Waals surface area contributed by atoms with Crippen LogP contribution < -0.4 is 5.73 Å². The standard InChI is InChI=1S/C12H20F2N2O3/c1-10(2,3)19-9(17)16-4-8-11(15,5-16)6-18-7-12(8,13)14/h8H,4-7,15H2,1-3H3. The second-order valence-corrected chi connectivity index (χ2v) is 6.40. The van der Waals surface area contributed by atoms with Crippen LogP contribution in [0.25, 0.3) is 0 Å². The molecule has 0 saturated carbocycles. The Hall–Kier alpha value is -0.950. The Bertz CT molecular complexity index is 384. The molecule has 7 heteroatoms. The third-order valence-corrected chi connectivity index (χ3v) is 3.41. The molecule has 2 aliphatic heterocycles. The van der Waals surface area contributed by atoms with Crippen molar-refractivity contribution in [3.05, 3.63) is 0 Å². The van der Waals surface area contributed by atoms with Crippen LogP contribution in [-0.4, -0.2) is 54.4 Å². The maximum absolute atomic E-state index is 13.8. The first-order valence-corrected chi connectivity index (χ1v) is 6.26. The number of ether oxygens (including phenoxy) is 2. The van der Waals surface area contributed by atoms with Crippen LogP contribution in [-0.2, 0) is 9.47 Å². The largest absolute Gasteiger partial charge is 0.444 e. The summed E-state index contributed by atoms with van der Waals surface area (Å²) in [4.78, 5) is 13.2. The van der Waals surface area contributed by atoms with Crippen molar-refractivity contribution < 1.29 is 23.0 Å². The lowest BCUT2D eigenvalue weighted by molar-refractivity contribution is -0.172. The summed E-state index contributed by atoms with van der Waals surface area (Å²) in [5, 5.41) is 0. The molecule has 2 unspecified atom stereocenters. The molecule has 0 spiro atoms. The molecule has 2 N–H and O–H groups in total. The van der Waals surface area contributed by atoms with E-state index in [2.05, 4.69) is 0 Å². The lowest BCUT2D eigenvalue weighted by Gasteiger charge is -2.39. The molecule has 0 aromatic heterocycles. The van der Waals surface area contributed by atoms with Crippen molar-refractivity contribution in [2.75, 3.05) is 26.3 Å². The van der Waals surface area contributed by atoms with Gasteiger partial charge < -0.3 is 20.1 Å². The Morgan fingerprint density at radius 2 is 2.05 bits per heavy atom. The summed E-state index contributed by atoms with van der Waals surface area (Å²) < 4.78 is 37.7. The number of amides is 1. The maximum atomic E-state index is 13.8. The SMILES string of the molecule is CC(C)(C)OC(=O)N1CC2C(F)(F)COCC2(N)C1. The second kappa shape index (κ2) is 4.28. The molecule has 0 bridgehead atoms. The molecule has 110 valence electrons. The number of alkyl halides is 2. The quantitative estimate of drug-likeness (QED) is 0.723. The minimum Gasteiger partial charge on any atom is -0.444 e. The Morgan fingerprint density at radius 1 is 1.42 bits per heavy atom. The van der Waals surface area contributed by atoms with Gasteiger partial charge >= 0.3 is 6.09 Å². The summed E-state index contributed by atoms with van der Waals surface area (Å²) in [6.07, 6.45) is -0.609. The van der Waals surface area contributed by atoms with Gasteiger partial charge in [-0.2, -0.15) is 0 Å². The fraction of sp³-hybridized carbons (Fsp3) is 0.917. The number of carbonyl (C=O) groups excluding carboxylic acids is 1. The van der Waals surface area contributed by atoms with Crippen LogP contribution in [0.3, 0.4) is 0 Å². The molecule has 2 fully saturated rings. The smallest absolute Gasteiger partial charge is 0.410 e. The third kappa shape index (κ3) is 2.81. The number of rotatable bonds is 0. The lowest BCUT2D eigenvalue weighted by Crippen LogP contribution is -2.62. The van der Waals surface area contributed by atoms with E-state index in [4.69, 9.17) is 15.2 Å². The molecule has 1 amide bonds. The highest BCUT2D eigenvalue weighted by Crippen LogP contribution is 2.41. The molecular weight excluding hydrogens is 258 g/mol. The van der Waals surface area contributed by atoms with Gasteiger partial charge in [-0.1, -0.05) is 0 Å². The van der Waals surface area contributed by atoms with Crippen molar-refractivity contribution in [3.63, 3.8) is 0 Å². The van der Waals surface area contributed by atoms with E-state index in [9.17, 15) is 13.6 Å². The molecule has 5 nitrogen and oxygen atoms in total. The van der Waals surface area contributed by atoms with Crippen LogP contribution in [0, 0.1) is 5.92 Å². The van der Waals surface area contributed by atoms with Gasteiger partial charge in [0.15, 0.2) is 0 Å². The summed E-state index contributed by atoms with van der Waals surface area (Å²) in [7, 11) is 0. The molecule has 2 heterocycles. The van der Waals surface area contributed by atoms with Crippen molar-refractivity contribution in [1.82, 2.24) is 4.90 Å². The van der Waals surface area contributed by atoms with E-state index in [-0.39, 0.29) is 19.7 Å². The number of carbonyl (C=O) groups is 1. The van der Waals surface area contributed by atoms with Gasteiger partial charge in [-0.15, -0.1) is 0 Å². The van der Waals surface area contributed by atoms with Crippen LogP contribution in [0.15, 0.2) is 0 Å². The number of hydrogen-bond donors (Lipinski definition) is 1. The maximum Gasteiger partial charge on any atom is 0.410 e. The molecule has 19 heavy (non-hydrogen) atoms. The summed E-state index contributed by atoms with van der Waals surface area (Å²) in [6, 6.07) is 0. The Labute approximate surface area is 111 Å². The van der Waals surface area contributed by atoms with Crippen molar-refractivity contribution in [2.24, 2.45) is 11.7 Å². The van der Waals surface area contributed by atoms with Crippen LogP contribution >= 0.6 is 0 Å². The highest BCUT2D eigenvalue weighted by Gasteiger charge is 2.60. The van der Waals surface area contributed by atoms with Crippen LogP contribution in [0.5, 0.6) is 0 Å². The number of nitrogens with two attached hydrogens (primary N) is 1. The summed E-state index contributed by atoms with van der Waals surface area (Å²) in [5.74, 6) is -4.09. The van der Waals surface area contributed by atoms with Gasteiger partial charge in [0.2, 0.25) is 0 Å². The average Bonchev–Trinajstić information content (AvgIpc) is 2.54. The summed E-state index contributed by atoms with van der Waals surface area (Å²) in [5.41, 5.74) is 4.12. The summed E-state index contributed by atoms with van der Waals surface area (Å²) >= 11 is 0.